The Morgan fingerprint density at radius 2 is 1.95 bits per heavy atom. The van der Waals surface area contributed by atoms with Gasteiger partial charge in [-0.3, -0.25) is 0 Å². The average Bonchev–Trinajstić information content (AvgIpc) is 2.43. The summed E-state index contributed by atoms with van der Waals surface area (Å²) in [5.41, 5.74) is -0.303. The highest BCUT2D eigenvalue weighted by molar-refractivity contribution is 7.89. The molecule has 9 heteroatoms. The Labute approximate surface area is 122 Å². The van der Waals surface area contributed by atoms with Crippen LogP contribution < -0.4 is 10.1 Å². The summed E-state index contributed by atoms with van der Waals surface area (Å²) in [4.78, 5) is 1.71. The van der Waals surface area contributed by atoms with Gasteiger partial charge in [-0.2, -0.15) is 0 Å². The molecule has 0 saturated carbocycles. The maximum atomic E-state index is 14.2. The van der Waals surface area contributed by atoms with Gasteiger partial charge in [-0.05, 0) is 19.2 Å². The minimum atomic E-state index is -4.10. The maximum Gasteiger partial charge on any atom is 0.256 e. The molecule has 0 atom stereocenters. The molecule has 0 aromatic heterocycles. The van der Waals surface area contributed by atoms with Gasteiger partial charge in [0.05, 0.1) is 13.2 Å². The first-order valence-electron chi connectivity index (χ1n) is 6.42. The summed E-state index contributed by atoms with van der Waals surface area (Å²) in [6.45, 7) is 1.41. The molecule has 2 rings (SSSR count). The topological polar surface area (TPSA) is 70.7 Å². The predicted octanol–water partition coefficient (Wildman–Crippen LogP) is 0.210. The zero-order chi connectivity index (χ0) is 15.5. The van der Waals surface area contributed by atoms with Gasteiger partial charge >= 0.3 is 0 Å². The molecule has 21 heavy (non-hydrogen) atoms. The van der Waals surface area contributed by atoms with Crippen LogP contribution in [-0.2, 0) is 21.3 Å². The lowest BCUT2D eigenvalue weighted by Crippen LogP contribution is -2.48. The predicted molar refractivity (Wildman–Crippen MR) is 71.8 cm³/mol. The Hall–Kier alpha value is -1.13. The minimum Gasteiger partial charge on any atom is -0.379 e. The van der Waals surface area contributed by atoms with E-state index in [2.05, 4.69) is 10.1 Å². The van der Waals surface area contributed by atoms with Crippen molar-refractivity contribution >= 4 is 10.0 Å². The van der Waals surface area contributed by atoms with Gasteiger partial charge in [0.15, 0.2) is 5.82 Å². The number of halogens is 2. The van der Waals surface area contributed by atoms with Crippen molar-refractivity contribution < 1.29 is 21.9 Å². The first-order chi connectivity index (χ1) is 9.95. The number of sulfonamides is 1. The third kappa shape index (κ3) is 3.74. The van der Waals surface area contributed by atoms with Crippen LogP contribution in [0.5, 0.6) is 0 Å². The zero-order valence-corrected chi connectivity index (χ0v) is 12.3. The van der Waals surface area contributed by atoms with Crippen molar-refractivity contribution in [3.05, 3.63) is 29.3 Å². The zero-order valence-electron chi connectivity index (χ0n) is 11.5. The van der Waals surface area contributed by atoms with Crippen molar-refractivity contribution in [2.45, 2.75) is 11.4 Å². The molecule has 118 valence electrons. The Balaban J connectivity index is 2.29. The average molecular weight is 321 g/mol. The maximum absolute atomic E-state index is 14.2. The fourth-order valence-electron chi connectivity index (χ4n) is 2.00. The molecule has 0 amide bonds. The summed E-state index contributed by atoms with van der Waals surface area (Å²) < 4.78 is 57.3. The number of nitrogens with one attached hydrogen (secondary N) is 2. The van der Waals surface area contributed by atoms with Crippen LogP contribution in [0.2, 0.25) is 0 Å². The van der Waals surface area contributed by atoms with Gasteiger partial charge in [0, 0.05) is 25.2 Å². The highest BCUT2D eigenvalue weighted by Crippen LogP contribution is 2.21. The molecule has 1 aromatic carbocycles. The van der Waals surface area contributed by atoms with Gasteiger partial charge in [0.2, 0.25) is 0 Å². The second-order valence-electron chi connectivity index (χ2n) is 4.56. The van der Waals surface area contributed by atoms with E-state index in [0.29, 0.717) is 26.3 Å². The largest absolute Gasteiger partial charge is 0.379 e. The molecule has 1 aliphatic rings. The summed E-state index contributed by atoms with van der Waals surface area (Å²) in [5, 5.41) is 4.03. The van der Waals surface area contributed by atoms with E-state index in [4.69, 9.17) is 4.74 Å². The van der Waals surface area contributed by atoms with Crippen LogP contribution in [0.25, 0.3) is 0 Å². The van der Waals surface area contributed by atoms with E-state index >= 15 is 0 Å². The highest BCUT2D eigenvalue weighted by Gasteiger charge is 2.26. The number of morpholine rings is 1. The Kier molecular flexibility index (Phi) is 5.22. The summed E-state index contributed by atoms with van der Waals surface area (Å²) in [6.07, 6.45) is 0. The van der Waals surface area contributed by atoms with E-state index in [1.165, 1.54) is 12.1 Å². The van der Waals surface area contributed by atoms with Crippen molar-refractivity contribution in [1.29, 1.82) is 0 Å². The normalized spacial score (nSPS) is 17.1. The van der Waals surface area contributed by atoms with Crippen molar-refractivity contribution in [1.82, 2.24) is 15.2 Å². The first kappa shape index (κ1) is 16.2. The van der Waals surface area contributed by atoms with Crippen LogP contribution >= 0.6 is 0 Å². The summed E-state index contributed by atoms with van der Waals surface area (Å²) in [7, 11) is -2.58. The van der Waals surface area contributed by atoms with Crippen molar-refractivity contribution in [3.63, 3.8) is 0 Å². The fraction of sp³-hybridized carbons (Fsp3) is 0.500. The third-order valence-electron chi connectivity index (χ3n) is 3.05. The molecule has 1 aromatic rings. The van der Waals surface area contributed by atoms with Crippen molar-refractivity contribution in [3.8, 4) is 0 Å². The number of nitrogens with zero attached hydrogens (tertiary/aromatic N) is 1. The molecular formula is C12H17F2N3O3S. The van der Waals surface area contributed by atoms with Gasteiger partial charge in [0.25, 0.3) is 10.0 Å². The molecule has 6 nitrogen and oxygen atoms in total. The van der Waals surface area contributed by atoms with E-state index in [-0.39, 0.29) is 12.1 Å². The second kappa shape index (κ2) is 6.75. The molecular weight excluding hydrogens is 304 g/mol. The van der Waals surface area contributed by atoms with Gasteiger partial charge in [0.1, 0.15) is 10.7 Å². The van der Waals surface area contributed by atoms with E-state index in [9.17, 15) is 17.2 Å². The van der Waals surface area contributed by atoms with Gasteiger partial charge < -0.3 is 10.1 Å². The quantitative estimate of drug-likeness (QED) is 0.811. The molecule has 1 aliphatic heterocycles. The van der Waals surface area contributed by atoms with E-state index in [1.54, 1.807) is 0 Å². The van der Waals surface area contributed by atoms with Crippen molar-refractivity contribution in [2.75, 3.05) is 33.4 Å². The van der Waals surface area contributed by atoms with Crippen LogP contribution in [0, 0.1) is 11.6 Å². The van der Waals surface area contributed by atoms with Gasteiger partial charge in [-0.15, -0.1) is 4.83 Å². The molecule has 1 fully saturated rings. The monoisotopic (exact) mass is 321 g/mol. The highest BCUT2D eigenvalue weighted by atomic mass is 32.2. The summed E-state index contributed by atoms with van der Waals surface area (Å²) in [5.74, 6) is -1.86. The van der Waals surface area contributed by atoms with Gasteiger partial charge in [-0.25, -0.2) is 22.2 Å². The molecule has 0 aliphatic carbocycles. The molecule has 0 unspecified atom stereocenters. The number of benzene rings is 1. The standard InChI is InChI=1S/C12H17F2N3O3S/c1-15-8-9-10(13)2-3-11(12(9)14)21(18,19)16-17-4-6-20-7-5-17/h2-3,15-16H,4-8H2,1H3. The van der Waals surface area contributed by atoms with Crippen LogP contribution in [-0.4, -0.2) is 46.8 Å². The number of rotatable bonds is 5. The minimum absolute atomic E-state index is 0.0986. The molecule has 0 spiro atoms. The number of ether oxygens (including phenoxy) is 1. The Bertz CT molecular complexity index is 604. The first-order valence-corrected chi connectivity index (χ1v) is 7.90. The smallest absolute Gasteiger partial charge is 0.256 e. The lowest BCUT2D eigenvalue weighted by molar-refractivity contribution is 0.0272. The fourth-order valence-corrected chi connectivity index (χ4v) is 3.22. The summed E-state index contributed by atoms with van der Waals surface area (Å²) >= 11 is 0. The van der Waals surface area contributed by atoms with Crippen LogP contribution in [0.1, 0.15) is 5.56 Å². The van der Waals surface area contributed by atoms with Crippen LogP contribution in [0.15, 0.2) is 17.0 Å². The lowest BCUT2D eigenvalue weighted by Gasteiger charge is -2.26. The lowest BCUT2D eigenvalue weighted by atomic mass is 10.2. The Morgan fingerprint density at radius 3 is 2.57 bits per heavy atom. The Morgan fingerprint density at radius 1 is 1.29 bits per heavy atom. The van der Waals surface area contributed by atoms with Crippen molar-refractivity contribution in [2.24, 2.45) is 0 Å². The summed E-state index contributed by atoms with van der Waals surface area (Å²) in [6, 6.07) is 1.87. The molecule has 0 radical (unpaired) electrons. The van der Waals surface area contributed by atoms with Gasteiger partial charge in [-0.1, -0.05) is 0 Å². The number of hydrazine groups is 1. The van der Waals surface area contributed by atoms with Crippen LogP contribution in [0.3, 0.4) is 0 Å². The third-order valence-corrected chi connectivity index (χ3v) is 4.45. The number of hydrogen-bond donors (Lipinski definition) is 2. The molecule has 1 saturated heterocycles. The van der Waals surface area contributed by atoms with E-state index in [1.807, 2.05) is 0 Å². The van der Waals surface area contributed by atoms with E-state index < -0.39 is 26.6 Å². The molecule has 2 N–H and O–H groups in total. The second-order valence-corrected chi connectivity index (χ2v) is 6.19. The van der Waals surface area contributed by atoms with Crippen LogP contribution in [0.4, 0.5) is 8.78 Å². The SMILES string of the molecule is CNCc1c(F)ccc(S(=O)(=O)NN2CCOCC2)c1F. The molecule has 1 heterocycles. The molecule has 0 bridgehead atoms. The number of hydrogen-bond acceptors (Lipinski definition) is 5. The van der Waals surface area contributed by atoms with E-state index in [0.717, 1.165) is 12.1 Å².